The van der Waals surface area contributed by atoms with E-state index in [9.17, 15) is 14.4 Å². The Bertz CT molecular complexity index is 974. The normalized spacial score (nSPS) is 13.8. The largest absolute Gasteiger partial charge is 0.346 e. The Balaban J connectivity index is 1.76. The van der Waals surface area contributed by atoms with Crippen LogP contribution in [0.2, 0.25) is 0 Å². The molecule has 0 saturated carbocycles. The number of rotatable bonds is 6. The van der Waals surface area contributed by atoms with Crippen molar-refractivity contribution in [1.29, 1.82) is 5.26 Å². The highest BCUT2D eigenvalue weighted by Crippen LogP contribution is 2.25. The van der Waals surface area contributed by atoms with Crippen molar-refractivity contribution < 1.29 is 14.4 Å². The Hall–Kier alpha value is -3.46. The van der Waals surface area contributed by atoms with Crippen molar-refractivity contribution in [3.63, 3.8) is 0 Å². The minimum atomic E-state index is -0.344. The molecule has 0 fully saturated rings. The van der Waals surface area contributed by atoms with Gasteiger partial charge in [-0.1, -0.05) is 25.5 Å². The van der Waals surface area contributed by atoms with Crippen LogP contribution in [0.5, 0.6) is 0 Å². The maximum absolute atomic E-state index is 12.6. The Labute approximate surface area is 163 Å². The molecular weight excluding hydrogens is 354 g/mol. The Kier molecular flexibility index (Phi) is 5.55. The summed E-state index contributed by atoms with van der Waals surface area (Å²) in [7, 11) is 0. The van der Waals surface area contributed by atoms with E-state index >= 15 is 0 Å². The molecule has 2 aromatic rings. The van der Waals surface area contributed by atoms with Crippen LogP contribution in [0, 0.1) is 11.3 Å². The maximum atomic E-state index is 12.6. The molecule has 0 aromatic heterocycles. The first kappa shape index (κ1) is 19.3. The van der Waals surface area contributed by atoms with E-state index in [1.165, 1.54) is 11.0 Å². The Morgan fingerprint density at radius 3 is 2.43 bits per heavy atom. The first-order valence-electron chi connectivity index (χ1n) is 9.27. The number of hydrogen-bond donors (Lipinski definition) is 1. The van der Waals surface area contributed by atoms with Gasteiger partial charge in [-0.3, -0.25) is 19.3 Å². The highest BCUT2D eigenvalue weighted by atomic mass is 16.2. The molecule has 1 aliphatic heterocycles. The molecule has 28 heavy (non-hydrogen) atoms. The van der Waals surface area contributed by atoms with Gasteiger partial charge in [-0.2, -0.15) is 5.26 Å². The summed E-state index contributed by atoms with van der Waals surface area (Å²) in [5.74, 6) is -0.971. The van der Waals surface area contributed by atoms with Gasteiger partial charge in [0, 0.05) is 12.1 Å². The summed E-state index contributed by atoms with van der Waals surface area (Å²) >= 11 is 0. The molecular formula is C22H21N3O3. The SMILES string of the molecule is CCCCN1C(=O)c2ccc(C(=O)NC(C)c3ccc(C#N)cc3)cc2C1=O. The fourth-order valence-corrected chi connectivity index (χ4v) is 3.16. The third-order valence-corrected chi connectivity index (χ3v) is 4.86. The summed E-state index contributed by atoms with van der Waals surface area (Å²) in [6, 6.07) is 13.4. The van der Waals surface area contributed by atoms with E-state index in [2.05, 4.69) is 11.4 Å². The van der Waals surface area contributed by atoms with E-state index in [-0.39, 0.29) is 29.3 Å². The molecule has 0 bridgehead atoms. The molecule has 1 aliphatic rings. The lowest BCUT2D eigenvalue weighted by Crippen LogP contribution is -2.30. The monoisotopic (exact) mass is 375 g/mol. The second-order valence-electron chi connectivity index (χ2n) is 6.80. The second kappa shape index (κ2) is 8.05. The molecule has 0 saturated heterocycles. The summed E-state index contributed by atoms with van der Waals surface area (Å²) in [5.41, 5.74) is 2.37. The molecule has 3 rings (SSSR count). The number of nitriles is 1. The molecule has 0 radical (unpaired) electrons. The fourth-order valence-electron chi connectivity index (χ4n) is 3.16. The van der Waals surface area contributed by atoms with Gasteiger partial charge in [0.15, 0.2) is 0 Å². The van der Waals surface area contributed by atoms with Crippen molar-refractivity contribution in [1.82, 2.24) is 10.2 Å². The number of unbranched alkanes of at least 4 members (excludes halogenated alkanes) is 1. The van der Waals surface area contributed by atoms with Crippen LogP contribution < -0.4 is 5.32 Å². The molecule has 3 amide bonds. The van der Waals surface area contributed by atoms with Crippen LogP contribution in [0.3, 0.4) is 0 Å². The number of imide groups is 1. The van der Waals surface area contributed by atoms with Crippen molar-refractivity contribution in [3.8, 4) is 6.07 Å². The number of carbonyl (C=O) groups excluding carboxylic acids is 3. The summed E-state index contributed by atoms with van der Waals surface area (Å²) in [4.78, 5) is 38.8. The third kappa shape index (κ3) is 3.65. The van der Waals surface area contributed by atoms with Crippen molar-refractivity contribution in [2.45, 2.75) is 32.7 Å². The van der Waals surface area contributed by atoms with Gasteiger partial charge in [0.25, 0.3) is 17.7 Å². The van der Waals surface area contributed by atoms with E-state index in [4.69, 9.17) is 5.26 Å². The zero-order chi connectivity index (χ0) is 20.3. The van der Waals surface area contributed by atoms with Crippen LogP contribution in [0.15, 0.2) is 42.5 Å². The summed E-state index contributed by atoms with van der Waals surface area (Å²) < 4.78 is 0. The number of hydrogen-bond acceptors (Lipinski definition) is 4. The zero-order valence-electron chi connectivity index (χ0n) is 15.9. The van der Waals surface area contributed by atoms with E-state index in [0.717, 1.165) is 18.4 Å². The quantitative estimate of drug-likeness (QED) is 0.783. The number of nitrogens with zero attached hydrogens (tertiary/aromatic N) is 2. The average Bonchev–Trinajstić information content (AvgIpc) is 2.96. The molecule has 0 spiro atoms. The maximum Gasteiger partial charge on any atom is 0.261 e. The number of amides is 3. The standard InChI is InChI=1S/C22H21N3O3/c1-3-4-11-25-21(27)18-10-9-17(12-19(18)22(25)28)20(26)24-14(2)16-7-5-15(13-23)6-8-16/h5-10,12,14H,3-4,11H2,1-2H3,(H,24,26). The lowest BCUT2D eigenvalue weighted by atomic mass is 10.0. The van der Waals surface area contributed by atoms with Gasteiger partial charge in [0.05, 0.1) is 28.8 Å². The van der Waals surface area contributed by atoms with Crippen LogP contribution in [0.1, 0.15) is 74.9 Å². The van der Waals surface area contributed by atoms with Crippen molar-refractivity contribution >= 4 is 17.7 Å². The molecule has 6 nitrogen and oxygen atoms in total. The molecule has 6 heteroatoms. The Morgan fingerprint density at radius 2 is 1.79 bits per heavy atom. The van der Waals surface area contributed by atoms with Crippen molar-refractivity contribution in [2.75, 3.05) is 6.54 Å². The highest BCUT2D eigenvalue weighted by molar-refractivity contribution is 6.22. The zero-order valence-corrected chi connectivity index (χ0v) is 15.9. The lowest BCUT2D eigenvalue weighted by molar-refractivity contribution is 0.0652. The first-order valence-corrected chi connectivity index (χ1v) is 9.27. The second-order valence-corrected chi connectivity index (χ2v) is 6.80. The fraction of sp³-hybridized carbons (Fsp3) is 0.273. The Morgan fingerprint density at radius 1 is 1.11 bits per heavy atom. The lowest BCUT2D eigenvalue weighted by Gasteiger charge is -2.14. The molecule has 2 aromatic carbocycles. The van der Waals surface area contributed by atoms with Crippen LogP contribution >= 0.6 is 0 Å². The summed E-state index contributed by atoms with van der Waals surface area (Å²) in [6.45, 7) is 4.23. The van der Waals surface area contributed by atoms with Gasteiger partial charge >= 0.3 is 0 Å². The number of nitrogens with one attached hydrogen (secondary N) is 1. The molecule has 1 unspecified atom stereocenters. The van der Waals surface area contributed by atoms with E-state index in [0.29, 0.717) is 23.2 Å². The molecule has 0 aliphatic carbocycles. The van der Waals surface area contributed by atoms with Gasteiger partial charge in [0.1, 0.15) is 0 Å². The van der Waals surface area contributed by atoms with Crippen molar-refractivity contribution in [3.05, 3.63) is 70.3 Å². The molecule has 142 valence electrons. The smallest absolute Gasteiger partial charge is 0.261 e. The van der Waals surface area contributed by atoms with Crippen molar-refractivity contribution in [2.24, 2.45) is 0 Å². The van der Waals surface area contributed by atoms with Gasteiger partial charge in [-0.15, -0.1) is 0 Å². The number of fused-ring (bicyclic) bond motifs is 1. The van der Waals surface area contributed by atoms with Gasteiger partial charge in [-0.25, -0.2) is 0 Å². The van der Waals surface area contributed by atoms with Crippen LogP contribution in [-0.4, -0.2) is 29.2 Å². The first-order chi connectivity index (χ1) is 13.5. The molecule has 1 N–H and O–H groups in total. The van der Waals surface area contributed by atoms with Crippen LogP contribution in [0.4, 0.5) is 0 Å². The van der Waals surface area contributed by atoms with E-state index in [1.807, 2.05) is 13.8 Å². The van der Waals surface area contributed by atoms with Crippen LogP contribution in [-0.2, 0) is 0 Å². The molecule has 1 heterocycles. The van der Waals surface area contributed by atoms with Gasteiger partial charge in [0.2, 0.25) is 0 Å². The van der Waals surface area contributed by atoms with E-state index in [1.54, 1.807) is 36.4 Å². The minimum absolute atomic E-state index is 0.271. The number of benzene rings is 2. The van der Waals surface area contributed by atoms with Gasteiger partial charge in [-0.05, 0) is 49.2 Å². The predicted octanol–water partition coefficient (Wildman–Crippen LogP) is 3.45. The predicted molar refractivity (Wildman–Crippen MR) is 104 cm³/mol. The third-order valence-electron chi connectivity index (χ3n) is 4.86. The molecule has 1 atom stereocenters. The van der Waals surface area contributed by atoms with Crippen LogP contribution in [0.25, 0.3) is 0 Å². The topological polar surface area (TPSA) is 90.3 Å². The number of carbonyl (C=O) groups is 3. The van der Waals surface area contributed by atoms with Gasteiger partial charge < -0.3 is 5.32 Å². The summed E-state index contributed by atoms with van der Waals surface area (Å²) in [6.07, 6.45) is 1.63. The summed E-state index contributed by atoms with van der Waals surface area (Å²) in [5, 5.41) is 11.8. The minimum Gasteiger partial charge on any atom is -0.346 e. The average molecular weight is 375 g/mol. The van der Waals surface area contributed by atoms with E-state index < -0.39 is 0 Å². The highest BCUT2D eigenvalue weighted by Gasteiger charge is 2.35.